The summed E-state index contributed by atoms with van der Waals surface area (Å²) in [6.07, 6.45) is 1.63. The van der Waals surface area contributed by atoms with E-state index in [0.29, 0.717) is 17.6 Å². The maximum Gasteiger partial charge on any atom is 0.0655 e. The average molecular weight is 157 g/mol. The van der Waals surface area contributed by atoms with Crippen LogP contribution in [0.2, 0.25) is 0 Å². The predicted molar refractivity (Wildman–Crippen MR) is 46.7 cm³/mol. The van der Waals surface area contributed by atoms with E-state index < -0.39 is 0 Å². The fourth-order valence-corrected chi connectivity index (χ4v) is 1.86. The van der Waals surface area contributed by atoms with Gasteiger partial charge < -0.3 is 10.1 Å². The van der Waals surface area contributed by atoms with Crippen LogP contribution in [0.15, 0.2) is 0 Å². The van der Waals surface area contributed by atoms with Gasteiger partial charge in [0.15, 0.2) is 0 Å². The Balaban J connectivity index is 2.40. The molecule has 1 fully saturated rings. The molecular formula is C9H19NO. The van der Waals surface area contributed by atoms with Gasteiger partial charge in [0.05, 0.1) is 6.10 Å². The molecule has 1 N–H and O–H groups in total. The largest absolute Gasteiger partial charge is 0.378 e. The number of hydrogen-bond donors (Lipinski definition) is 1. The van der Waals surface area contributed by atoms with Crippen molar-refractivity contribution in [1.29, 1.82) is 0 Å². The molecule has 1 aliphatic rings. The predicted octanol–water partition coefficient (Wildman–Crippen LogP) is 1.41. The van der Waals surface area contributed by atoms with Gasteiger partial charge >= 0.3 is 0 Å². The van der Waals surface area contributed by atoms with Crippen LogP contribution in [0.5, 0.6) is 0 Å². The third kappa shape index (κ3) is 1.42. The summed E-state index contributed by atoms with van der Waals surface area (Å²) in [7, 11) is 2.02. The first-order chi connectivity index (χ1) is 5.12. The Morgan fingerprint density at radius 1 is 1.55 bits per heavy atom. The monoisotopic (exact) mass is 157 g/mol. The van der Waals surface area contributed by atoms with Gasteiger partial charge in [-0.15, -0.1) is 0 Å². The molecule has 1 rings (SSSR count). The van der Waals surface area contributed by atoms with Gasteiger partial charge in [-0.3, -0.25) is 0 Å². The van der Waals surface area contributed by atoms with Crippen LogP contribution in [-0.4, -0.2) is 25.8 Å². The zero-order valence-corrected chi connectivity index (χ0v) is 7.98. The molecule has 0 radical (unpaired) electrons. The first-order valence-electron chi connectivity index (χ1n) is 4.41. The number of rotatable bonds is 3. The third-order valence-electron chi connectivity index (χ3n) is 2.89. The van der Waals surface area contributed by atoms with Gasteiger partial charge in [0.2, 0.25) is 0 Å². The SMILES string of the molecule is CCOC1CC(NC)C1(C)C. The molecule has 2 unspecified atom stereocenters. The second kappa shape index (κ2) is 3.11. The van der Waals surface area contributed by atoms with Crippen LogP contribution >= 0.6 is 0 Å². The molecule has 2 heteroatoms. The molecule has 66 valence electrons. The van der Waals surface area contributed by atoms with Crippen LogP contribution in [0.25, 0.3) is 0 Å². The Bertz CT molecular complexity index is 134. The average Bonchev–Trinajstić information content (AvgIpc) is 1.97. The van der Waals surface area contributed by atoms with E-state index in [9.17, 15) is 0 Å². The molecule has 2 nitrogen and oxygen atoms in total. The van der Waals surface area contributed by atoms with Crippen molar-refractivity contribution in [2.24, 2.45) is 5.41 Å². The van der Waals surface area contributed by atoms with Crippen molar-refractivity contribution < 1.29 is 4.74 Å². The topological polar surface area (TPSA) is 21.3 Å². The highest BCUT2D eigenvalue weighted by Crippen LogP contribution is 2.42. The molecule has 2 atom stereocenters. The lowest BCUT2D eigenvalue weighted by atomic mass is 9.64. The minimum absolute atomic E-state index is 0.324. The molecule has 0 spiro atoms. The fraction of sp³-hybridized carbons (Fsp3) is 1.00. The Labute approximate surface area is 69.3 Å². The molecule has 0 heterocycles. The lowest BCUT2D eigenvalue weighted by Gasteiger charge is -2.51. The molecule has 1 aliphatic carbocycles. The smallest absolute Gasteiger partial charge is 0.0655 e. The van der Waals surface area contributed by atoms with E-state index in [1.807, 2.05) is 7.05 Å². The summed E-state index contributed by atoms with van der Waals surface area (Å²) in [5.74, 6) is 0. The van der Waals surface area contributed by atoms with Gasteiger partial charge in [-0.1, -0.05) is 13.8 Å². The zero-order chi connectivity index (χ0) is 8.48. The maximum atomic E-state index is 5.59. The van der Waals surface area contributed by atoms with Crippen LogP contribution in [0.3, 0.4) is 0 Å². The van der Waals surface area contributed by atoms with E-state index in [1.54, 1.807) is 0 Å². The van der Waals surface area contributed by atoms with E-state index in [0.717, 1.165) is 13.0 Å². The maximum absolute atomic E-state index is 5.59. The first kappa shape index (κ1) is 9.01. The second-order valence-corrected chi connectivity index (χ2v) is 3.84. The Hall–Kier alpha value is -0.0800. The van der Waals surface area contributed by atoms with Gasteiger partial charge in [0, 0.05) is 18.1 Å². The Morgan fingerprint density at radius 2 is 2.18 bits per heavy atom. The molecule has 0 amide bonds. The fourth-order valence-electron chi connectivity index (χ4n) is 1.86. The van der Waals surface area contributed by atoms with Crippen LogP contribution < -0.4 is 5.32 Å². The molecule has 0 aromatic heterocycles. The van der Waals surface area contributed by atoms with Crippen LogP contribution in [0, 0.1) is 5.41 Å². The molecule has 1 saturated carbocycles. The van der Waals surface area contributed by atoms with Gasteiger partial charge in [0.1, 0.15) is 0 Å². The highest BCUT2D eigenvalue weighted by atomic mass is 16.5. The molecule has 0 bridgehead atoms. The highest BCUT2D eigenvalue weighted by molar-refractivity contribution is 5.01. The lowest BCUT2D eigenvalue weighted by molar-refractivity contribution is -0.112. The quantitative estimate of drug-likeness (QED) is 0.669. The standard InChI is InChI=1S/C9H19NO/c1-5-11-8-6-7(10-4)9(8,2)3/h7-8,10H,5-6H2,1-4H3. The van der Waals surface area contributed by atoms with Crippen LogP contribution in [0.4, 0.5) is 0 Å². The summed E-state index contributed by atoms with van der Waals surface area (Å²) >= 11 is 0. The summed E-state index contributed by atoms with van der Waals surface area (Å²) in [4.78, 5) is 0. The van der Waals surface area contributed by atoms with Crippen LogP contribution in [-0.2, 0) is 4.74 Å². The summed E-state index contributed by atoms with van der Waals surface area (Å²) in [5, 5.41) is 3.30. The minimum Gasteiger partial charge on any atom is -0.378 e. The van der Waals surface area contributed by atoms with E-state index in [-0.39, 0.29) is 0 Å². The molecular weight excluding hydrogens is 138 g/mol. The highest BCUT2D eigenvalue weighted by Gasteiger charge is 2.47. The van der Waals surface area contributed by atoms with E-state index >= 15 is 0 Å². The normalized spacial score (nSPS) is 34.9. The second-order valence-electron chi connectivity index (χ2n) is 3.84. The van der Waals surface area contributed by atoms with E-state index in [1.165, 1.54) is 0 Å². The lowest BCUT2D eigenvalue weighted by Crippen LogP contribution is -2.60. The molecule has 0 aromatic carbocycles. The van der Waals surface area contributed by atoms with Crippen molar-refractivity contribution in [3.63, 3.8) is 0 Å². The van der Waals surface area contributed by atoms with Crippen molar-refractivity contribution in [3.8, 4) is 0 Å². The van der Waals surface area contributed by atoms with Crippen molar-refractivity contribution in [3.05, 3.63) is 0 Å². The van der Waals surface area contributed by atoms with Crippen molar-refractivity contribution in [2.45, 2.75) is 39.3 Å². The van der Waals surface area contributed by atoms with E-state index in [4.69, 9.17) is 4.74 Å². The summed E-state index contributed by atoms with van der Waals surface area (Å²) in [5.41, 5.74) is 0.324. The Morgan fingerprint density at radius 3 is 2.55 bits per heavy atom. The van der Waals surface area contributed by atoms with Gasteiger partial charge in [-0.25, -0.2) is 0 Å². The van der Waals surface area contributed by atoms with Gasteiger partial charge in [0.25, 0.3) is 0 Å². The van der Waals surface area contributed by atoms with Crippen molar-refractivity contribution in [1.82, 2.24) is 5.32 Å². The molecule has 0 saturated heterocycles. The summed E-state index contributed by atoms with van der Waals surface area (Å²) < 4.78 is 5.59. The van der Waals surface area contributed by atoms with Crippen LogP contribution in [0.1, 0.15) is 27.2 Å². The Kier molecular flexibility index (Phi) is 2.55. The number of ether oxygens (including phenoxy) is 1. The molecule has 11 heavy (non-hydrogen) atoms. The van der Waals surface area contributed by atoms with Gasteiger partial charge in [-0.05, 0) is 20.4 Å². The molecule has 0 aliphatic heterocycles. The van der Waals surface area contributed by atoms with Crippen molar-refractivity contribution in [2.75, 3.05) is 13.7 Å². The number of hydrogen-bond acceptors (Lipinski definition) is 2. The molecule has 0 aromatic rings. The zero-order valence-electron chi connectivity index (χ0n) is 7.98. The first-order valence-corrected chi connectivity index (χ1v) is 4.41. The summed E-state index contributed by atoms with van der Waals surface area (Å²) in [6.45, 7) is 7.42. The third-order valence-corrected chi connectivity index (χ3v) is 2.89. The summed E-state index contributed by atoms with van der Waals surface area (Å²) in [6, 6.07) is 0.638. The van der Waals surface area contributed by atoms with Crippen molar-refractivity contribution >= 4 is 0 Å². The minimum atomic E-state index is 0.324. The number of nitrogens with one attached hydrogen (secondary N) is 1. The van der Waals surface area contributed by atoms with Gasteiger partial charge in [-0.2, -0.15) is 0 Å². The van der Waals surface area contributed by atoms with E-state index in [2.05, 4.69) is 26.1 Å².